The van der Waals surface area contributed by atoms with Crippen molar-refractivity contribution >= 4 is 23.8 Å². The van der Waals surface area contributed by atoms with Crippen LogP contribution in [0, 0.1) is 6.92 Å². The number of rotatable bonds is 0. The predicted octanol–water partition coefficient (Wildman–Crippen LogP) is 5.33. The Morgan fingerprint density at radius 3 is 2.12 bits per heavy atom. The molecule has 0 saturated heterocycles. The molecule has 2 aliphatic heterocycles. The van der Waals surface area contributed by atoms with Crippen LogP contribution in [0.25, 0.3) is 33.6 Å². The second kappa shape index (κ2) is 6.73. The standard InChI is InChI=1S/C29H23BN3/c1-20-10-9-17-27-28(20)29-31(2)18-19-32(29)30-25-15-7-5-13-23(25)21-11-3-4-12-22(21)24-14-6-8-16-26(24)33(27)30/h3-19H,1-2H3/q+1. The van der Waals surface area contributed by atoms with Gasteiger partial charge < -0.3 is 4.81 Å². The van der Waals surface area contributed by atoms with Crippen molar-refractivity contribution in [1.82, 2.24) is 4.57 Å². The minimum atomic E-state index is 0.0150. The van der Waals surface area contributed by atoms with E-state index in [9.17, 15) is 0 Å². The van der Waals surface area contributed by atoms with Gasteiger partial charge in [0.05, 0.1) is 12.6 Å². The zero-order chi connectivity index (χ0) is 22.1. The van der Waals surface area contributed by atoms with Crippen LogP contribution in [0.4, 0.5) is 11.4 Å². The van der Waals surface area contributed by atoms with Crippen LogP contribution in [0.15, 0.2) is 103 Å². The average Bonchev–Trinajstić information content (AvgIpc) is 3.23. The molecule has 3 nitrogen and oxygen atoms in total. The Kier molecular flexibility index (Phi) is 3.77. The molecule has 0 spiro atoms. The minimum absolute atomic E-state index is 0.0150. The maximum atomic E-state index is 2.54. The van der Waals surface area contributed by atoms with Gasteiger partial charge >= 0.3 is 6.98 Å². The number of fused-ring (bicyclic) bond motifs is 13. The van der Waals surface area contributed by atoms with Crippen LogP contribution in [0.5, 0.6) is 0 Å². The average molecular weight is 424 g/mol. The van der Waals surface area contributed by atoms with E-state index in [1.165, 1.54) is 56.0 Å². The van der Waals surface area contributed by atoms with Crippen LogP contribution >= 0.6 is 0 Å². The van der Waals surface area contributed by atoms with Crippen molar-refractivity contribution in [2.75, 3.05) is 4.81 Å². The van der Waals surface area contributed by atoms with Gasteiger partial charge in [-0.15, -0.1) is 0 Å². The summed E-state index contributed by atoms with van der Waals surface area (Å²) in [6.07, 6.45) is 4.41. The van der Waals surface area contributed by atoms with E-state index in [-0.39, 0.29) is 6.98 Å². The molecular weight excluding hydrogens is 401 g/mol. The highest BCUT2D eigenvalue weighted by Gasteiger charge is 2.48. The van der Waals surface area contributed by atoms with Gasteiger partial charge in [0.15, 0.2) is 0 Å². The summed E-state index contributed by atoms with van der Waals surface area (Å²) in [6, 6.07) is 33.2. The van der Waals surface area contributed by atoms with Gasteiger partial charge in [-0.3, -0.25) is 4.48 Å². The lowest BCUT2D eigenvalue weighted by Crippen LogP contribution is -2.70. The number of aromatic nitrogens is 2. The fourth-order valence-corrected chi connectivity index (χ4v) is 5.78. The van der Waals surface area contributed by atoms with E-state index < -0.39 is 0 Å². The molecule has 4 aromatic carbocycles. The number of hydrogen-bond donors (Lipinski definition) is 0. The zero-order valence-electron chi connectivity index (χ0n) is 18.7. The van der Waals surface area contributed by atoms with Crippen molar-refractivity contribution in [1.29, 1.82) is 0 Å². The SMILES string of the molecule is Cc1cccc2c1-c1n(C)cc[n+]1B1c3ccccc3-c3ccccc3-c3ccccc3N12. The topological polar surface area (TPSA) is 12.0 Å². The predicted molar refractivity (Wildman–Crippen MR) is 136 cm³/mol. The summed E-state index contributed by atoms with van der Waals surface area (Å²) in [6.45, 7) is 2.23. The van der Waals surface area contributed by atoms with Crippen LogP contribution in [0.2, 0.25) is 0 Å². The van der Waals surface area contributed by atoms with Crippen molar-refractivity contribution in [3.05, 3.63) is 109 Å². The summed E-state index contributed by atoms with van der Waals surface area (Å²) in [5.41, 5.74) is 11.5. The van der Waals surface area contributed by atoms with Gasteiger partial charge in [-0.1, -0.05) is 78.9 Å². The van der Waals surface area contributed by atoms with Gasteiger partial charge in [0.2, 0.25) is 0 Å². The summed E-state index contributed by atoms with van der Waals surface area (Å²) < 4.78 is 4.70. The largest absolute Gasteiger partial charge is 0.542 e. The van der Waals surface area contributed by atoms with E-state index in [1.807, 2.05) is 0 Å². The molecule has 4 heteroatoms. The second-order valence-corrected chi connectivity index (χ2v) is 9.00. The molecule has 5 aromatic rings. The van der Waals surface area contributed by atoms with Crippen molar-refractivity contribution in [2.45, 2.75) is 6.92 Å². The van der Waals surface area contributed by atoms with Crippen molar-refractivity contribution in [3.8, 4) is 33.6 Å². The molecule has 0 radical (unpaired) electrons. The van der Waals surface area contributed by atoms with Gasteiger partial charge in [-0.05, 0) is 41.3 Å². The normalized spacial score (nSPS) is 13.0. The lowest BCUT2D eigenvalue weighted by Gasteiger charge is -2.37. The molecule has 0 saturated carbocycles. The molecule has 0 aliphatic carbocycles. The molecule has 0 unspecified atom stereocenters. The molecule has 1 aromatic heterocycles. The Morgan fingerprint density at radius 1 is 0.667 bits per heavy atom. The Balaban J connectivity index is 1.69. The van der Waals surface area contributed by atoms with Gasteiger partial charge in [-0.2, -0.15) is 0 Å². The van der Waals surface area contributed by atoms with E-state index in [1.54, 1.807) is 0 Å². The first-order valence-electron chi connectivity index (χ1n) is 11.5. The molecule has 0 N–H and O–H groups in total. The molecule has 33 heavy (non-hydrogen) atoms. The number of para-hydroxylation sites is 1. The lowest BCUT2D eigenvalue weighted by molar-refractivity contribution is -0.523. The Hall–Kier alpha value is -4.05. The fraction of sp³-hybridized carbons (Fsp3) is 0.0690. The number of nitrogens with zero attached hydrogens (tertiary/aromatic N) is 3. The van der Waals surface area contributed by atoms with Crippen LogP contribution in [-0.2, 0) is 7.05 Å². The van der Waals surface area contributed by atoms with Crippen LogP contribution in [-0.4, -0.2) is 11.5 Å². The van der Waals surface area contributed by atoms with Crippen LogP contribution in [0.3, 0.4) is 0 Å². The first kappa shape index (κ1) is 18.5. The van der Waals surface area contributed by atoms with Crippen molar-refractivity contribution < 1.29 is 4.48 Å². The summed E-state index contributed by atoms with van der Waals surface area (Å²) in [5, 5.41) is 0. The maximum Gasteiger partial charge on any atom is 0.542 e. The van der Waals surface area contributed by atoms with Crippen molar-refractivity contribution in [3.63, 3.8) is 0 Å². The van der Waals surface area contributed by atoms with E-state index >= 15 is 0 Å². The maximum absolute atomic E-state index is 2.54. The third-order valence-corrected chi connectivity index (χ3v) is 7.18. The molecule has 0 fully saturated rings. The second-order valence-electron chi connectivity index (χ2n) is 9.00. The zero-order valence-corrected chi connectivity index (χ0v) is 18.7. The summed E-state index contributed by atoms with van der Waals surface area (Å²) in [7, 11) is 2.15. The monoisotopic (exact) mass is 424 g/mol. The fourth-order valence-electron chi connectivity index (χ4n) is 5.78. The molecule has 3 heterocycles. The summed E-state index contributed by atoms with van der Waals surface area (Å²) in [5.74, 6) is 1.24. The van der Waals surface area contributed by atoms with E-state index in [0.29, 0.717) is 0 Å². The smallest absolute Gasteiger partial charge is 0.338 e. The van der Waals surface area contributed by atoms with Crippen LogP contribution in [0.1, 0.15) is 5.56 Å². The number of anilines is 2. The third kappa shape index (κ3) is 2.43. The molecular formula is C29H23BN3+. The van der Waals surface area contributed by atoms with Gasteiger partial charge in [-0.25, -0.2) is 4.57 Å². The quantitative estimate of drug-likeness (QED) is 0.306. The summed E-state index contributed by atoms with van der Waals surface area (Å²) >= 11 is 0. The first-order valence-corrected chi connectivity index (χ1v) is 11.5. The van der Waals surface area contributed by atoms with E-state index in [4.69, 9.17) is 0 Å². The van der Waals surface area contributed by atoms with Gasteiger partial charge in [0, 0.05) is 22.4 Å². The first-order chi connectivity index (χ1) is 16.2. The highest BCUT2D eigenvalue weighted by atomic mass is 15.2. The van der Waals surface area contributed by atoms with Crippen molar-refractivity contribution in [2.24, 2.45) is 7.05 Å². The number of hydrogen-bond acceptors (Lipinski definition) is 1. The highest BCUT2D eigenvalue weighted by molar-refractivity contribution is 6.73. The van der Waals surface area contributed by atoms with Gasteiger partial charge in [0.25, 0.3) is 5.82 Å². The highest BCUT2D eigenvalue weighted by Crippen LogP contribution is 2.46. The van der Waals surface area contributed by atoms with Crippen LogP contribution < -0.4 is 14.8 Å². The molecule has 0 amide bonds. The molecule has 7 rings (SSSR count). The lowest BCUT2D eigenvalue weighted by atomic mass is 9.59. The Labute approximate surface area is 194 Å². The minimum Gasteiger partial charge on any atom is -0.338 e. The van der Waals surface area contributed by atoms with Gasteiger partial charge in [0.1, 0.15) is 12.4 Å². The molecule has 156 valence electrons. The van der Waals surface area contributed by atoms with E-state index in [2.05, 4.69) is 131 Å². The number of imidazole rings is 1. The molecule has 0 bridgehead atoms. The molecule has 0 atom stereocenters. The Morgan fingerprint density at radius 2 is 1.30 bits per heavy atom. The Bertz CT molecular complexity index is 1570. The summed E-state index contributed by atoms with van der Waals surface area (Å²) in [4.78, 5) is 2.54. The molecule has 2 aliphatic rings. The number of benzene rings is 4. The third-order valence-electron chi connectivity index (χ3n) is 7.18. The number of aryl methyl sites for hydroxylation is 2. The van der Waals surface area contributed by atoms with E-state index in [0.717, 1.165) is 0 Å².